The van der Waals surface area contributed by atoms with Crippen LogP contribution in [0.3, 0.4) is 0 Å². The van der Waals surface area contributed by atoms with E-state index in [1.165, 1.54) is 12.1 Å². The van der Waals surface area contributed by atoms with Crippen LogP contribution in [0, 0.1) is 5.41 Å². The molecule has 1 spiro atoms. The van der Waals surface area contributed by atoms with Gasteiger partial charge in [0.15, 0.2) is 0 Å². The van der Waals surface area contributed by atoms with Gasteiger partial charge in [0.1, 0.15) is 0 Å². The SMILES string of the molecule is O=C(Nc1ccc(C(F)(F)F)cc1)N1CCC2(CCN(C(=O)c3ccc(CO)cc3)CC2)C1. The maximum Gasteiger partial charge on any atom is 0.416 e. The average molecular weight is 461 g/mol. The second-order valence-electron chi connectivity index (χ2n) is 8.82. The molecule has 0 bridgehead atoms. The number of benzene rings is 2. The molecule has 33 heavy (non-hydrogen) atoms. The second-order valence-corrected chi connectivity index (χ2v) is 8.82. The number of carbonyl (C=O) groups is 2. The monoisotopic (exact) mass is 461 g/mol. The number of hydrogen-bond acceptors (Lipinski definition) is 3. The number of carbonyl (C=O) groups excluding carboxylic acids is 2. The summed E-state index contributed by atoms with van der Waals surface area (Å²) in [6.45, 7) is 2.28. The molecule has 2 aromatic carbocycles. The van der Waals surface area contributed by atoms with Crippen LogP contribution in [0.2, 0.25) is 0 Å². The van der Waals surface area contributed by atoms with Crippen molar-refractivity contribution < 1.29 is 27.9 Å². The lowest BCUT2D eigenvalue weighted by atomic mass is 9.77. The number of rotatable bonds is 3. The first kappa shape index (κ1) is 23.1. The van der Waals surface area contributed by atoms with Crippen molar-refractivity contribution in [2.24, 2.45) is 5.41 Å². The van der Waals surface area contributed by atoms with Crippen molar-refractivity contribution in [2.75, 3.05) is 31.5 Å². The molecule has 2 aromatic rings. The molecule has 2 N–H and O–H groups in total. The summed E-state index contributed by atoms with van der Waals surface area (Å²) in [7, 11) is 0. The van der Waals surface area contributed by atoms with Gasteiger partial charge in [0, 0.05) is 37.4 Å². The molecule has 0 aromatic heterocycles. The molecule has 9 heteroatoms. The molecule has 4 rings (SSSR count). The number of amides is 3. The highest BCUT2D eigenvalue weighted by molar-refractivity contribution is 5.94. The first-order valence-electron chi connectivity index (χ1n) is 10.9. The Morgan fingerprint density at radius 2 is 1.48 bits per heavy atom. The van der Waals surface area contributed by atoms with Gasteiger partial charge < -0.3 is 20.2 Å². The molecular formula is C24H26F3N3O3. The quantitative estimate of drug-likeness (QED) is 0.714. The summed E-state index contributed by atoms with van der Waals surface area (Å²) in [4.78, 5) is 28.9. The van der Waals surface area contributed by atoms with Crippen molar-refractivity contribution in [3.05, 3.63) is 65.2 Å². The molecule has 0 saturated carbocycles. The molecule has 2 fully saturated rings. The van der Waals surface area contributed by atoms with Gasteiger partial charge in [-0.3, -0.25) is 4.79 Å². The molecule has 176 valence electrons. The Morgan fingerprint density at radius 3 is 2.03 bits per heavy atom. The summed E-state index contributed by atoms with van der Waals surface area (Å²) < 4.78 is 38.1. The molecule has 2 aliphatic rings. The fraction of sp³-hybridized carbons (Fsp3) is 0.417. The van der Waals surface area contributed by atoms with Gasteiger partial charge in [-0.15, -0.1) is 0 Å². The predicted octanol–water partition coefficient (Wildman–Crippen LogP) is 4.36. The zero-order valence-electron chi connectivity index (χ0n) is 18.1. The summed E-state index contributed by atoms with van der Waals surface area (Å²) in [6.07, 6.45) is -2.00. The Labute approximate surface area is 190 Å². The Bertz CT molecular complexity index is 998. The summed E-state index contributed by atoms with van der Waals surface area (Å²) in [6, 6.07) is 11.0. The topological polar surface area (TPSA) is 72.9 Å². The molecular weight excluding hydrogens is 435 g/mol. The smallest absolute Gasteiger partial charge is 0.392 e. The number of hydrogen-bond donors (Lipinski definition) is 2. The first-order valence-corrected chi connectivity index (χ1v) is 10.9. The number of likely N-dealkylation sites (tertiary alicyclic amines) is 2. The van der Waals surface area contributed by atoms with Crippen LogP contribution in [0.25, 0.3) is 0 Å². The maximum atomic E-state index is 12.8. The molecule has 0 unspecified atom stereocenters. The molecule has 0 radical (unpaired) electrons. The standard InChI is InChI=1S/C24H26F3N3O3/c25-24(26,27)19-5-7-20(8-6-19)28-22(33)30-14-11-23(16-30)9-12-29(13-10-23)21(32)18-3-1-17(15-31)2-4-18/h1-8,31H,9-16H2,(H,28,33). The highest BCUT2D eigenvalue weighted by Crippen LogP contribution is 2.41. The van der Waals surface area contributed by atoms with E-state index in [0.29, 0.717) is 37.4 Å². The van der Waals surface area contributed by atoms with Crippen LogP contribution in [0.15, 0.2) is 48.5 Å². The van der Waals surface area contributed by atoms with Gasteiger partial charge in [-0.1, -0.05) is 12.1 Å². The lowest BCUT2D eigenvalue weighted by Gasteiger charge is -2.39. The summed E-state index contributed by atoms with van der Waals surface area (Å²) >= 11 is 0. The molecule has 2 aliphatic heterocycles. The van der Waals surface area contributed by atoms with Crippen molar-refractivity contribution >= 4 is 17.6 Å². The number of nitrogens with one attached hydrogen (secondary N) is 1. The summed E-state index contributed by atoms with van der Waals surface area (Å²) in [5.74, 6) is -0.0377. The van der Waals surface area contributed by atoms with E-state index in [1.807, 2.05) is 4.90 Å². The van der Waals surface area contributed by atoms with Gasteiger partial charge in [0.25, 0.3) is 5.91 Å². The van der Waals surface area contributed by atoms with Crippen molar-refractivity contribution in [2.45, 2.75) is 32.0 Å². The zero-order chi connectivity index (χ0) is 23.6. The summed E-state index contributed by atoms with van der Waals surface area (Å²) in [5, 5.41) is 11.8. The third-order valence-corrected chi connectivity index (χ3v) is 6.68. The van der Waals surface area contributed by atoms with Crippen LogP contribution in [-0.2, 0) is 12.8 Å². The number of alkyl halides is 3. The average Bonchev–Trinajstić information content (AvgIpc) is 3.22. The molecule has 6 nitrogen and oxygen atoms in total. The van der Waals surface area contributed by atoms with E-state index in [0.717, 1.165) is 37.0 Å². The minimum Gasteiger partial charge on any atom is -0.392 e. The Balaban J connectivity index is 1.30. The Kier molecular flexibility index (Phi) is 6.34. The van der Waals surface area contributed by atoms with Gasteiger partial charge in [0.05, 0.1) is 12.2 Å². The van der Waals surface area contributed by atoms with Crippen LogP contribution in [0.1, 0.15) is 40.7 Å². The van der Waals surface area contributed by atoms with Gasteiger partial charge in [-0.2, -0.15) is 13.2 Å². The molecule has 2 saturated heterocycles. The Morgan fingerprint density at radius 1 is 0.909 bits per heavy atom. The predicted molar refractivity (Wildman–Crippen MR) is 117 cm³/mol. The van der Waals surface area contributed by atoms with Crippen molar-refractivity contribution in [3.63, 3.8) is 0 Å². The van der Waals surface area contributed by atoms with Gasteiger partial charge in [-0.25, -0.2) is 4.79 Å². The van der Waals surface area contributed by atoms with E-state index in [2.05, 4.69) is 5.32 Å². The van der Waals surface area contributed by atoms with E-state index in [-0.39, 0.29) is 24.0 Å². The number of anilines is 1. The van der Waals surface area contributed by atoms with Crippen LogP contribution in [-0.4, -0.2) is 53.0 Å². The number of urea groups is 1. The third kappa shape index (κ3) is 5.13. The molecule has 3 amide bonds. The van der Waals surface area contributed by atoms with Crippen LogP contribution in [0.4, 0.5) is 23.7 Å². The number of aliphatic hydroxyl groups excluding tert-OH is 1. The van der Waals surface area contributed by atoms with E-state index >= 15 is 0 Å². The minimum atomic E-state index is -4.41. The van der Waals surface area contributed by atoms with E-state index in [1.54, 1.807) is 29.2 Å². The first-order chi connectivity index (χ1) is 15.7. The van der Waals surface area contributed by atoms with Crippen molar-refractivity contribution in [1.82, 2.24) is 9.80 Å². The zero-order valence-corrected chi connectivity index (χ0v) is 18.1. The highest BCUT2D eigenvalue weighted by atomic mass is 19.4. The lowest BCUT2D eigenvalue weighted by Crippen LogP contribution is -2.45. The van der Waals surface area contributed by atoms with E-state index in [4.69, 9.17) is 5.11 Å². The second kappa shape index (κ2) is 9.05. The summed E-state index contributed by atoms with van der Waals surface area (Å²) in [5.41, 5.74) is 0.861. The van der Waals surface area contributed by atoms with Gasteiger partial charge in [0.2, 0.25) is 0 Å². The Hall–Kier alpha value is -3.07. The number of piperidine rings is 1. The molecule has 0 atom stereocenters. The fourth-order valence-corrected chi connectivity index (χ4v) is 4.58. The maximum absolute atomic E-state index is 12.8. The number of halogens is 3. The van der Waals surface area contributed by atoms with Crippen molar-refractivity contribution in [1.29, 1.82) is 0 Å². The molecule has 2 heterocycles. The fourth-order valence-electron chi connectivity index (χ4n) is 4.58. The largest absolute Gasteiger partial charge is 0.416 e. The minimum absolute atomic E-state index is 0.0377. The van der Waals surface area contributed by atoms with Crippen LogP contribution < -0.4 is 5.32 Å². The number of aliphatic hydroxyl groups is 1. The molecule has 0 aliphatic carbocycles. The third-order valence-electron chi connectivity index (χ3n) is 6.68. The van der Waals surface area contributed by atoms with Crippen LogP contribution >= 0.6 is 0 Å². The van der Waals surface area contributed by atoms with E-state index in [9.17, 15) is 22.8 Å². The van der Waals surface area contributed by atoms with Crippen molar-refractivity contribution in [3.8, 4) is 0 Å². The highest BCUT2D eigenvalue weighted by Gasteiger charge is 2.43. The number of nitrogens with zero attached hydrogens (tertiary/aromatic N) is 2. The van der Waals surface area contributed by atoms with Crippen LogP contribution in [0.5, 0.6) is 0 Å². The van der Waals surface area contributed by atoms with Gasteiger partial charge >= 0.3 is 12.2 Å². The van der Waals surface area contributed by atoms with E-state index < -0.39 is 11.7 Å². The lowest BCUT2D eigenvalue weighted by molar-refractivity contribution is -0.137. The normalized spacial score (nSPS) is 17.9. The van der Waals surface area contributed by atoms with Gasteiger partial charge in [-0.05, 0) is 66.6 Å².